The number of likely N-dealkylation sites (N-methyl/N-ethyl adjacent to an activating group) is 1. The fraction of sp³-hybridized carbons (Fsp3) is 0.727. The molecule has 2 atom stereocenters. The summed E-state index contributed by atoms with van der Waals surface area (Å²) in [6, 6.07) is 0. The second-order valence-electron chi connectivity index (χ2n) is 4.84. The van der Waals surface area contributed by atoms with Crippen LogP contribution in [0.1, 0.15) is 13.3 Å². The van der Waals surface area contributed by atoms with Crippen molar-refractivity contribution in [2.45, 2.75) is 19.1 Å². The largest absolute Gasteiger partial charge is 0.404 e. The van der Waals surface area contributed by atoms with Crippen LogP contribution in [0.2, 0.25) is 0 Å². The van der Waals surface area contributed by atoms with Gasteiger partial charge in [0.15, 0.2) is 5.78 Å². The summed E-state index contributed by atoms with van der Waals surface area (Å²) < 4.78 is 18.0. The van der Waals surface area contributed by atoms with Crippen LogP contribution in [-0.4, -0.2) is 55.3 Å². The van der Waals surface area contributed by atoms with E-state index in [9.17, 15) is 14.5 Å². The first-order valence-corrected chi connectivity index (χ1v) is 7.46. The molecule has 0 spiro atoms. The molecule has 0 saturated carbocycles. The Morgan fingerprint density at radius 1 is 1.53 bits per heavy atom. The lowest BCUT2D eigenvalue weighted by atomic mass is 10.5. The van der Waals surface area contributed by atoms with E-state index in [1.807, 2.05) is 28.1 Å². The second kappa shape index (κ2) is 6.34. The molecule has 0 bridgehead atoms. The monoisotopic (exact) mass is 264 g/mol. The van der Waals surface area contributed by atoms with Gasteiger partial charge in [-0.25, -0.2) is 4.79 Å². The average molecular weight is 264 g/mol. The van der Waals surface area contributed by atoms with E-state index in [1.165, 1.54) is 0 Å². The van der Waals surface area contributed by atoms with E-state index in [0.29, 0.717) is 6.42 Å². The van der Waals surface area contributed by atoms with Gasteiger partial charge in [-0.1, -0.05) is 13.5 Å². The molecule has 5 nitrogen and oxygen atoms in total. The molecular formula is C11H23NO4P+. The number of rotatable bonds is 7. The molecule has 0 rings (SSSR count). The van der Waals surface area contributed by atoms with Crippen molar-refractivity contribution < 1.29 is 23.5 Å². The highest BCUT2D eigenvalue weighted by molar-refractivity contribution is 7.60. The highest BCUT2D eigenvalue weighted by Gasteiger charge is 2.44. The molecule has 6 heteroatoms. The summed E-state index contributed by atoms with van der Waals surface area (Å²) in [6.07, 6.45) is 1.89. The molecule has 1 N–H and O–H groups in total. The third-order valence-electron chi connectivity index (χ3n) is 2.46. The number of nitrogens with zero attached hydrogens (tertiary/aromatic N) is 1. The summed E-state index contributed by atoms with van der Waals surface area (Å²) in [6.45, 7) is 4.86. The maximum atomic E-state index is 12.7. The molecule has 0 aromatic carbocycles. The standard InChI is InChI=1S/C11H23NO4P/c1-6-8-17(15,16-11(14)7-2)10(9-13)12(3,4)5/h7,10,13H,2,6,8-9H2,1,3-5H3/q+1. The third kappa shape index (κ3) is 4.62. The first-order chi connectivity index (χ1) is 7.71. The SMILES string of the molecule is C=CC(=O)OP(=O)(CCC)C(CO)[N+](C)(C)C. The molecule has 0 aromatic heterocycles. The Balaban J connectivity index is 5.23. The minimum absolute atomic E-state index is 0.271. The minimum atomic E-state index is -3.22. The Bertz CT molecular complexity index is 322. The van der Waals surface area contributed by atoms with Gasteiger partial charge in [-0.05, 0) is 6.42 Å². The van der Waals surface area contributed by atoms with Crippen molar-refractivity contribution in [1.82, 2.24) is 0 Å². The summed E-state index contributed by atoms with van der Waals surface area (Å²) in [4.78, 5) is 11.2. The van der Waals surface area contributed by atoms with Crippen LogP contribution in [0.4, 0.5) is 0 Å². The quantitative estimate of drug-likeness (QED) is 0.429. The molecule has 0 aliphatic carbocycles. The van der Waals surface area contributed by atoms with Crippen LogP contribution >= 0.6 is 7.37 Å². The molecule has 17 heavy (non-hydrogen) atoms. The predicted octanol–water partition coefficient (Wildman–Crippen LogP) is 1.43. The highest BCUT2D eigenvalue weighted by atomic mass is 31.2. The summed E-state index contributed by atoms with van der Waals surface area (Å²) >= 11 is 0. The first kappa shape index (κ1) is 16.4. The average Bonchev–Trinajstić information content (AvgIpc) is 2.16. The van der Waals surface area contributed by atoms with Gasteiger partial charge in [-0.3, -0.25) is 4.57 Å². The zero-order valence-electron chi connectivity index (χ0n) is 11.0. The van der Waals surface area contributed by atoms with E-state index in [1.54, 1.807) is 0 Å². The van der Waals surface area contributed by atoms with Crippen molar-refractivity contribution in [3.63, 3.8) is 0 Å². The molecule has 0 aliphatic heterocycles. The van der Waals surface area contributed by atoms with E-state index in [-0.39, 0.29) is 17.3 Å². The number of hydrogen-bond donors (Lipinski definition) is 1. The van der Waals surface area contributed by atoms with E-state index < -0.39 is 19.1 Å². The van der Waals surface area contributed by atoms with Gasteiger partial charge in [0.05, 0.1) is 21.1 Å². The molecule has 0 saturated heterocycles. The van der Waals surface area contributed by atoms with Gasteiger partial charge in [0.2, 0.25) is 0 Å². The second-order valence-corrected chi connectivity index (χ2v) is 7.52. The number of hydrogen-bond acceptors (Lipinski definition) is 4. The van der Waals surface area contributed by atoms with Crippen molar-refractivity contribution in [2.75, 3.05) is 33.9 Å². The lowest BCUT2D eigenvalue weighted by Crippen LogP contribution is -2.47. The first-order valence-electron chi connectivity index (χ1n) is 5.58. The van der Waals surface area contributed by atoms with Gasteiger partial charge < -0.3 is 14.1 Å². The Labute approximate surface area is 103 Å². The molecule has 0 fully saturated rings. The van der Waals surface area contributed by atoms with Crippen LogP contribution in [0.3, 0.4) is 0 Å². The Kier molecular flexibility index (Phi) is 6.10. The predicted molar refractivity (Wildman–Crippen MR) is 68.0 cm³/mol. The van der Waals surface area contributed by atoms with Gasteiger partial charge in [-0.2, -0.15) is 0 Å². The molecule has 2 unspecified atom stereocenters. The Hall–Kier alpha value is -0.640. The van der Waals surface area contributed by atoms with E-state index in [2.05, 4.69) is 6.58 Å². The zero-order chi connectivity index (χ0) is 13.7. The van der Waals surface area contributed by atoms with E-state index in [0.717, 1.165) is 6.08 Å². The van der Waals surface area contributed by atoms with Crippen molar-refractivity contribution in [2.24, 2.45) is 0 Å². The van der Waals surface area contributed by atoms with E-state index in [4.69, 9.17) is 4.52 Å². The minimum Gasteiger partial charge on any atom is -0.404 e. The molecule has 0 radical (unpaired) electrons. The Morgan fingerprint density at radius 3 is 2.35 bits per heavy atom. The van der Waals surface area contributed by atoms with Crippen LogP contribution < -0.4 is 0 Å². The maximum absolute atomic E-state index is 12.7. The molecule has 0 aliphatic rings. The molecule has 0 heterocycles. The van der Waals surface area contributed by atoms with Crippen LogP contribution in [0.5, 0.6) is 0 Å². The fourth-order valence-electron chi connectivity index (χ4n) is 1.65. The lowest BCUT2D eigenvalue weighted by molar-refractivity contribution is -0.883. The Morgan fingerprint density at radius 2 is 2.06 bits per heavy atom. The third-order valence-corrected chi connectivity index (χ3v) is 5.78. The number of aliphatic hydroxyl groups is 1. The molecule has 0 amide bonds. The van der Waals surface area contributed by atoms with Gasteiger partial charge in [0, 0.05) is 12.2 Å². The van der Waals surface area contributed by atoms with Crippen molar-refractivity contribution in [3.05, 3.63) is 12.7 Å². The van der Waals surface area contributed by atoms with Crippen LogP contribution in [0, 0.1) is 0 Å². The number of carbonyl (C=O) groups is 1. The summed E-state index contributed by atoms with van der Waals surface area (Å²) in [5.74, 6) is -1.31. The molecular weight excluding hydrogens is 241 g/mol. The maximum Gasteiger partial charge on any atom is 0.335 e. The summed E-state index contributed by atoms with van der Waals surface area (Å²) in [5, 5.41) is 9.40. The normalized spacial score (nSPS) is 17.0. The van der Waals surface area contributed by atoms with Gasteiger partial charge in [-0.15, -0.1) is 0 Å². The van der Waals surface area contributed by atoms with Gasteiger partial charge in [0.1, 0.15) is 6.61 Å². The molecule has 100 valence electrons. The van der Waals surface area contributed by atoms with Crippen molar-refractivity contribution in [3.8, 4) is 0 Å². The van der Waals surface area contributed by atoms with Crippen molar-refractivity contribution >= 4 is 13.3 Å². The number of carbonyl (C=O) groups excluding carboxylic acids is 1. The van der Waals surface area contributed by atoms with Crippen LogP contribution in [-0.2, 0) is 13.9 Å². The smallest absolute Gasteiger partial charge is 0.335 e. The number of aliphatic hydroxyl groups excluding tert-OH is 1. The van der Waals surface area contributed by atoms with Gasteiger partial charge >= 0.3 is 13.3 Å². The summed E-state index contributed by atoms with van der Waals surface area (Å²) in [5.41, 5.74) is 0. The van der Waals surface area contributed by atoms with E-state index >= 15 is 0 Å². The van der Waals surface area contributed by atoms with Gasteiger partial charge in [0.25, 0.3) is 0 Å². The van der Waals surface area contributed by atoms with Crippen LogP contribution in [0.15, 0.2) is 12.7 Å². The lowest BCUT2D eigenvalue weighted by Gasteiger charge is -2.36. The van der Waals surface area contributed by atoms with Crippen LogP contribution in [0.25, 0.3) is 0 Å². The van der Waals surface area contributed by atoms with Crippen molar-refractivity contribution in [1.29, 1.82) is 0 Å². The topological polar surface area (TPSA) is 63.6 Å². The fourth-order valence-corrected chi connectivity index (χ4v) is 4.47. The number of quaternary nitrogens is 1. The molecule has 0 aromatic rings. The zero-order valence-corrected chi connectivity index (χ0v) is 11.9. The highest BCUT2D eigenvalue weighted by Crippen LogP contribution is 2.54. The summed E-state index contributed by atoms with van der Waals surface area (Å²) in [7, 11) is 2.21.